The first-order chi connectivity index (χ1) is 13.1. The lowest BCUT2D eigenvalue weighted by atomic mass is 10.1. The molecule has 2 aromatic carbocycles. The number of rotatable bonds is 8. The van der Waals surface area contributed by atoms with Crippen molar-refractivity contribution in [2.24, 2.45) is 4.99 Å². The Kier molecular flexibility index (Phi) is 7.73. The molecular weight excluding hydrogens is 349 g/mol. The summed E-state index contributed by atoms with van der Waals surface area (Å²) in [6.45, 7) is 3.59. The zero-order valence-corrected chi connectivity index (χ0v) is 15.9. The third kappa shape index (κ3) is 5.77. The third-order valence-electron chi connectivity index (χ3n) is 3.95. The highest BCUT2D eigenvalue weighted by atomic mass is 19.1. The molecule has 0 unspecified atom stereocenters. The topological polar surface area (TPSA) is 75.1 Å². The van der Waals surface area contributed by atoms with Crippen molar-refractivity contribution in [3.63, 3.8) is 0 Å². The predicted molar refractivity (Wildman–Crippen MR) is 104 cm³/mol. The highest BCUT2D eigenvalue weighted by Crippen LogP contribution is 2.37. The Morgan fingerprint density at radius 1 is 1.11 bits per heavy atom. The quantitative estimate of drug-likeness (QED) is 0.489. The molecule has 0 aromatic heterocycles. The highest BCUT2D eigenvalue weighted by Gasteiger charge is 2.11. The predicted octanol–water partition coefficient (Wildman–Crippen LogP) is 2.85. The summed E-state index contributed by atoms with van der Waals surface area (Å²) in [5.41, 5.74) is 1.49. The Labute approximate surface area is 159 Å². The Morgan fingerprint density at radius 3 is 2.37 bits per heavy atom. The lowest BCUT2D eigenvalue weighted by Gasteiger charge is -2.13. The van der Waals surface area contributed by atoms with E-state index in [9.17, 15) is 9.50 Å². The van der Waals surface area contributed by atoms with Crippen LogP contribution in [0.5, 0.6) is 17.2 Å². The number of halogens is 1. The fourth-order valence-corrected chi connectivity index (χ4v) is 2.57. The van der Waals surface area contributed by atoms with Gasteiger partial charge in [0.1, 0.15) is 5.82 Å². The average molecular weight is 375 g/mol. The van der Waals surface area contributed by atoms with E-state index in [0.29, 0.717) is 49.1 Å². The van der Waals surface area contributed by atoms with Crippen LogP contribution < -0.4 is 20.1 Å². The van der Waals surface area contributed by atoms with E-state index in [2.05, 4.69) is 15.6 Å². The van der Waals surface area contributed by atoms with Crippen LogP contribution in [0, 0.1) is 5.82 Å². The van der Waals surface area contributed by atoms with Crippen LogP contribution in [-0.2, 0) is 13.0 Å². The van der Waals surface area contributed by atoms with Gasteiger partial charge in [0.2, 0.25) is 5.75 Å². The van der Waals surface area contributed by atoms with Crippen LogP contribution in [-0.4, -0.2) is 38.4 Å². The normalized spacial score (nSPS) is 11.2. The second-order valence-corrected chi connectivity index (χ2v) is 5.81. The number of benzene rings is 2. The number of nitrogens with zero attached hydrogens (tertiary/aromatic N) is 1. The lowest BCUT2D eigenvalue weighted by molar-refractivity contribution is 0.339. The van der Waals surface area contributed by atoms with Crippen LogP contribution in [0.25, 0.3) is 0 Å². The van der Waals surface area contributed by atoms with Gasteiger partial charge in [-0.3, -0.25) is 0 Å². The maximum absolute atomic E-state index is 13.7. The van der Waals surface area contributed by atoms with Crippen molar-refractivity contribution >= 4 is 5.96 Å². The smallest absolute Gasteiger partial charge is 0.200 e. The van der Waals surface area contributed by atoms with E-state index in [-0.39, 0.29) is 11.6 Å². The molecule has 0 radical (unpaired) electrons. The lowest BCUT2D eigenvalue weighted by Crippen LogP contribution is -2.38. The summed E-state index contributed by atoms with van der Waals surface area (Å²) in [4.78, 5) is 4.53. The number of aliphatic imine (C=N–C) groups is 1. The second kappa shape index (κ2) is 10.3. The first kappa shape index (κ1) is 20.4. The summed E-state index contributed by atoms with van der Waals surface area (Å²) < 4.78 is 24.0. The van der Waals surface area contributed by atoms with E-state index >= 15 is 0 Å². The molecule has 0 spiro atoms. The number of nitrogens with one attached hydrogen (secondary N) is 2. The van der Waals surface area contributed by atoms with E-state index in [1.807, 2.05) is 13.0 Å². The number of phenols is 1. The van der Waals surface area contributed by atoms with Crippen LogP contribution in [0.2, 0.25) is 0 Å². The largest absolute Gasteiger partial charge is 0.502 e. The SMILES string of the molecule is CCNC(=NCc1cc(OC)c(O)c(OC)c1)NCCc1ccccc1F. The number of guanidine groups is 1. The van der Waals surface area contributed by atoms with Gasteiger partial charge in [0.05, 0.1) is 20.8 Å². The molecule has 6 nitrogen and oxygen atoms in total. The van der Waals surface area contributed by atoms with Crippen molar-refractivity contribution in [2.75, 3.05) is 27.3 Å². The van der Waals surface area contributed by atoms with Gasteiger partial charge in [0.25, 0.3) is 0 Å². The van der Waals surface area contributed by atoms with Crippen LogP contribution >= 0.6 is 0 Å². The summed E-state index contributed by atoms with van der Waals surface area (Å²) in [7, 11) is 2.96. The average Bonchev–Trinajstić information content (AvgIpc) is 2.68. The molecule has 0 heterocycles. The zero-order chi connectivity index (χ0) is 19.6. The second-order valence-electron chi connectivity index (χ2n) is 5.81. The number of aromatic hydroxyl groups is 1. The Hall–Kier alpha value is -2.96. The van der Waals surface area contributed by atoms with E-state index in [0.717, 1.165) is 5.56 Å². The Bertz CT molecular complexity index is 756. The maximum atomic E-state index is 13.7. The molecule has 0 amide bonds. The monoisotopic (exact) mass is 375 g/mol. The molecule has 146 valence electrons. The Balaban J connectivity index is 2.03. The summed E-state index contributed by atoms with van der Waals surface area (Å²) in [5, 5.41) is 16.3. The molecule has 2 rings (SSSR count). The van der Waals surface area contributed by atoms with E-state index in [4.69, 9.17) is 9.47 Å². The number of ether oxygens (including phenoxy) is 2. The minimum atomic E-state index is -0.204. The molecule has 27 heavy (non-hydrogen) atoms. The molecule has 0 aliphatic rings. The molecule has 0 aliphatic heterocycles. The van der Waals surface area contributed by atoms with Gasteiger partial charge >= 0.3 is 0 Å². The van der Waals surface area contributed by atoms with Gasteiger partial charge in [-0.1, -0.05) is 18.2 Å². The first-order valence-corrected chi connectivity index (χ1v) is 8.78. The fourth-order valence-electron chi connectivity index (χ4n) is 2.57. The van der Waals surface area contributed by atoms with Crippen LogP contribution in [0.15, 0.2) is 41.4 Å². The minimum Gasteiger partial charge on any atom is -0.502 e. The molecule has 2 aromatic rings. The van der Waals surface area contributed by atoms with E-state index in [1.165, 1.54) is 20.3 Å². The van der Waals surface area contributed by atoms with E-state index < -0.39 is 0 Å². The summed E-state index contributed by atoms with van der Waals surface area (Å²) >= 11 is 0. The van der Waals surface area contributed by atoms with Gasteiger partial charge in [-0.15, -0.1) is 0 Å². The van der Waals surface area contributed by atoms with Crippen LogP contribution in [0.1, 0.15) is 18.1 Å². The fraction of sp³-hybridized carbons (Fsp3) is 0.350. The number of methoxy groups -OCH3 is 2. The first-order valence-electron chi connectivity index (χ1n) is 8.78. The van der Waals surface area contributed by atoms with Crippen molar-refractivity contribution < 1.29 is 19.0 Å². The Morgan fingerprint density at radius 2 is 1.78 bits per heavy atom. The maximum Gasteiger partial charge on any atom is 0.200 e. The third-order valence-corrected chi connectivity index (χ3v) is 3.95. The number of hydrogen-bond donors (Lipinski definition) is 3. The molecule has 3 N–H and O–H groups in total. The van der Waals surface area contributed by atoms with Crippen LogP contribution in [0.4, 0.5) is 4.39 Å². The molecule has 7 heteroatoms. The van der Waals surface area contributed by atoms with Gasteiger partial charge in [0, 0.05) is 13.1 Å². The molecule has 0 fully saturated rings. The van der Waals surface area contributed by atoms with Crippen molar-refractivity contribution in [3.05, 3.63) is 53.3 Å². The molecule has 0 saturated heterocycles. The van der Waals surface area contributed by atoms with Gasteiger partial charge in [-0.05, 0) is 42.7 Å². The van der Waals surface area contributed by atoms with Crippen molar-refractivity contribution in [3.8, 4) is 17.2 Å². The van der Waals surface area contributed by atoms with Crippen molar-refractivity contribution in [1.29, 1.82) is 0 Å². The molecule has 0 aliphatic carbocycles. The van der Waals surface area contributed by atoms with Crippen molar-refractivity contribution in [2.45, 2.75) is 19.9 Å². The zero-order valence-electron chi connectivity index (χ0n) is 15.9. The van der Waals surface area contributed by atoms with Gasteiger partial charge in [-0.25, -0.2) is 9.38 Å². The molecule has 0 saturated carbocycles. The number of phenolic OH excluding ortho intramolecular Hbond substituents is 1. The van der Waals surface area contributed by atoms with Gasteiger partial charge in [0.15, 0.2) is 17.5 Å². The summed E-state index contributed by atoms with van der Waals surface area (Å²) in [5.74, 6) is 1.04. The van der Waals surface area contributed by atoms with Gasteiger partial charge in [-0.2, -0.15) is 0 Å². The molecule has 0 bridgehead atoms. The van der Waals surface area contributed by atoms with Crippen LogP contribution in [0.3, 0.4) is 0 Å². The minimum absolute atomic E-state index is 0.0392. The standard InChI is InChI=1S/C20H26FN3O3/c1-4-22-20(23-10-9-15-7-5-6-8-16(15)21)24-13-14-11-17(26-2)19(25)18(12-14)27-3/h5-8,11-12,25H,4,9-10,13H2,1-3H3,(H2,22,23,24). The summed E-state index contributed by atoms with van der Waals surface area (Å²) in [6, 6.07) is 10.2. The van der Waals surface area contributed by atoms with Gasteiger partial charge < -0.3 is 25.2 Å². The summed E-state index contributed by atoms with van der Waals surface area (Å²) in [6.07, 6.45) is 0.554. The molecular formula is C20H26FN3O3. The number of hydrogen-bond acceptors (Lipinski definition) is 4. The van der Waals surface area contributed by atoms with E-state index in [1.54, 1.807) is 24.3 Å². The van der Waals surface area contributed by atoms with Crippen molar-refractivity contribution in [1.82, 2.24) is 10.6 Å². The molecule has 0 atom stereocenters. The highest BCUT2D eigenvalue weighted by molar-refractivity contribution is 5.79.